The van der Waals surface area contributed by atoms with Crippen LogP contribution < -0.4 is 0 Å². The number of aliphatic hydroxyl groups excluding tert-OH is 1. The normalized spacial score (nSPS) is 30.1. The average molecular weight is 130 g/mol. The first-order chi connectivity index (χ1) is 4.34. The Balaban J connectivity index is 2.32. The summed E-state index contributed by atoms with van der Waals surface area (Å²) in [6, 6.07) is 0. The molecule has 1 aliphatic rings. The second kappa shape index (κ2) is 2.94. The molecule has 0 aliphatic carbocycles. The van der Waals surface area contributed by atoms with Crippen LogP contribution >= 0.6 is 0 Å². The lowest BCUT2D eigenvalue weighted by atomic mass is 10.0. The van der Waals surface area contributed by atoms with Gasteiger partial charge < -0.3 is 14.6 Å². The summed E-state index contributed by atoms with van der Waals surface area (Å²) in [4.78, 5) is 9.99. The summed E-state index contributed by atoms with van der Waals surface area (Å²) in [5, 5.41) is 8.91. The van der Waals surface area contributed by atoms with Gasteiger partial charge in [-0.05, 0) is 6.42 Å². The molecule has 1 aliphatic heterocycles. The van der Waals surface area contributed by atoms with Crippen LogP contribution in [0.3, 0.4) is 0 Å². The van der Waals surface area contributed by atoms with Crippen molar-refractivity contribution in [2.75, 3.05) is 13.2 Å². The van der Waals surface area contributed by atoms with Crippen molar-refractivity contribution in [2.24, 2.45) is 5.92 Å². The molecule has 3 nitrogen and oxygen atoms in total. The van der Waals surface area contributed by atoms with Crippen LogP contribution in [0.4, 0.5) is 0 Å². The molecule has 9 heavy (non-hydrogen) atoms. The summed E-state index contributed by atoms with van der Waals surface area (Å²) >= 11 is 0. The van der Waals surface area contributed by atoms with E-state index < -0.39 is 6.10 Å². The lowest BCUT2D eigenvalue weighted by Crippen LogP contribution is -2.21. The summed E-state index contributed by atoms with van der Waals surface area (Å²) in [5.41, 5.74) is 0. The molecule has 2 atom stereocenters. The minimum Gasteiger partial charge on any atom is -0.385 e. The Morgan fingerprint density at radius 2 is 2.56 bits per heavy atom. The maximum absolute atomic E-state index is 9.99. The number of ether oxygens (including phenoxy) is 1. The third-order valence-corrected chi connectivity index (χ3v) is 1.59. The monoisotopic (exact) mass is 130 g/mol. The van der Waals surface area contributed by atoms with Crippen molar-refractivity contribution >= 4 is 6.29 Å². The predicted octanol–water partition coefficient (Wildman–Crippen LogP) is -0.417. The van der Waals surface area contributed by atoms with E-state index in [1.165, 1.54) is 0 Å². The molecular weight excluding hydrogens is 120 g/mol. The fourth-order valence-electron chi connectivity index (χ4n) is 0.933. The van der Waals surface area contributed by atoms with Gasteiger partial charge in [-0.15, -0.1) is 0 Å². The molecule has 0 aromatic rings. The minimum absolute atomic E-state index is 0.0440. The smallest absolute Gasteiger partial charge is 0.148 e. The zero-order chi connectivity index (χ0) is 6.69. The van der Waals surface area contributed by atoms with E-state index in [0.29, 0.717) is 19.5 Å². The molecule has 0 amide bonds. The Morgan fingerprint density at radius 3 is 3.00 bits per heavy atom. The number of hydrogen-bond donors (Lipinski definition) is 1. The maximum atomic E-state index is 9.99. The molecule has 0 saturated carbocycles. The molecule has 1 fully saturated rings. The Labute approximate surface area is 53.6 Å². The van der Waals surface area contributed by atoms with Crippen molar-refractivity contribution in [2.45, 2.75) is 12.5 Å². The van der Waals surface area contributed by atoms with Crippen molar-refractivity contribution in [1.29, 1.82) is 0 Å². The first kappa shape index (κ1) is 6.71. The average Bonchev–Trinajstić information content (AvgIpc) is 2.37. The van der Waals surface area contributed by atoms with E-state index in [0.717, 1.165) is 6.42 Å². The Bertz CT molecular complexity index is 96.5. The van der Waals surface area contributed by atoms with Gasteiger partial charge in [-0.25, -0.2) is 0 Å². The SMILES string of the molecule is O=CC(O)C1CCOC1. The largest absolute Gasteiger partial charge is 0.385 e. The van der Waals surface area contributed by atoms with Crippen LogP contribution in [-0.2, 0) is 9.53 Å². The van der Waals surface area contributed by atoms with Crippen LogP contribution in [-0.4, -0.2) is 30.7 Å². The van der Waals surface area contributed by atoms with Crippen molar-refractivity contribution < 1.29 is 14.6 Å². The van der Waals surface area contributed by atoms with Gasteiger partial charge in [-0.2, -0.15) is 0 Å². The fraction of sp³-hybridized carbons (Fsp3) is 0.833. The molecule has 1 heterocycles. The van der Waals surface area contributed by atoms with Crippen LogP contribution in [0, 0.1) is 5.92 Å². The number of aliphatic hydroxyl groups is 1. The molecule has 1 rings (SSSR count). The van der Waals surface area contributed by atoms with E-state index >= 15 is 0 Å². The molecular formula is C6H10O3. The highest BCUT2D eigenvalue weighted by Gasteiger charge is 2.22. The van der Waals surface area contributed by atoms with E-state index in [4.69, 9.17) is 9.84 Å². The van der Waals surface area contributed by atoms with E-state index in [1.807, 2.05) is 0 Å². The summed E-state index contributed by atoms with van der Waals surface area (Å²) in [6.07, 6.45) is 0.562. The highest BCUT2D eigenvalue weighted by atomic mass is 16.5. The van der Waals surface area contributed by atoms with Crippen LogP contribution in [0.5, 0.6) is 0 Å². The van der Waals surface area contributed by atoms with Crippen molar-refractivity contribution in [3.05, 3.63) is 0 Å². The first-order valence-electron chi connectivity index (χ1n) is 3.05. The van der Waals surface area contributed by atoms with Crippen LogP contribution in [0.25, 0.3) is 0 Å². The number of hydrogen-bond acceptors (Lipinski definition) is 3. The van der Waals surface area contributed by atoms with Gasteiger partial charge in [0.15, 0.2) is 0 Å². The molecule has 52 valence electrons. The number of carbonyl (C=O) groups is 1. The summed E-state index contributed by atoms with van der Waals surface area (Å²) in [7, 11) is 0. The van der Waals surface area contributed by atoms with Crippen LogP contribution in [0.15, 0.2) is 0 Å². The molecule has 0 aromatic carbocycles. The summed E-state index contributed by atoms with van der Waals surface area (Å²) in [6.45, 7) is 1.20. The van der Waals surface area contributed by atoms with Gasteiger partial charge >= 0.3 is 0 Å². The molecule has 0 spiro atoms. The van der Waals surface area contributed by atoms with Crippen LogP contribution in [0.2, 0.25) is 0 Å². The van der Waals surface area contributed by atoms with Gasteiger partial charge in [-0.3, -0.25) is 0 Å². The Hall–Kier alpha value is -0.410. The lowest BCUT2D eigenvalue weighted by Gasteiger charge is -2.07. The lowest BCUT2D eigenvalue weighted by molar-refractivity contribution is -0.117. The van der Waals surface area contributed by atoms with E-state index in [1.54, 1.807) is 0 Å². The number of carbonyl (C=O) groups excluding carboxylic acids is 1. The van der Waals surface area contributed by atoms with E-state index in [2.05, 4.69) is 0 Å². The standard InChI is InChI=1S/C6H10O3/c7-3-6(8)5-1-2-9-4-5/h3,5-6,8H,1-2,4H2. The predicted molar refractivity (Wildman–Crippen MR) is 31.0 cm³/mol. The van der Waals surface area contributed by atoms with Crippen molar-refractivity contribution in [3.63, 3.8) is 0 Å². The van der Waals surface area contributed by atoms with Gasteiger partial charge in [0.1, 0.15) is 12.4 Å². The highest BCUT2D eigenvalue weighted by molar-refractivity contribution is 5.56. The topological polar surface area (TPSA) is 46.5 Å². The zero-order valence-electron chi connectivity index (χ0n) is 5.12. The quantitative estimate of drug-likeness (QED) is 0.516. The van der Waals surface area contributed by atoms with Crippen molar-refractivity contribution in [3.8, 4) is 0 Å². The summed E-state index contributed by atoms with van der Waals surface area (Å²) in [5.74, 6) is 0.0440. The molecule has 3 heteroatoms. The highest BCUT2D eigenvalue weighted by Crippen LogP contribution is 2.14. The van der Waals surface area contributed by atoms with Gasteiger partial charge in [-0.1, -0.05) is 0 Å². The third-order valence-electron chi connectivity index (χ3n) is 1.59. The van der Waals surface area contributed by atoms with Gasteiger partial charge in [0.25, 0.3) is 0 Å². The molecule has 0 aromatic heterocycles. The third kappa shape index (κ3) is 1.50. The second-order valence-electron chi connectivity index (χ2n) is 2.25. The minimum atomic E-state index is -0.813. The van der Waals surface area contributed by atoms with Gasteiger partial charge in [0, 0.05) is 12.5 Å². The van der Waals surface area contributed by atoms with Crippen LogP contribution in [0.1, 0.15) is 6.42 Å². The van der Waals surface area contributed by atoms with E-state index in [9.17, 15) is 4.79 Å². The van der Waals surface area contributed by atoms with Gasteiger partial charge in [0.2, 0.25) is 0 Å². The zero-order valence-corrected chi connectivity index (χ0v) is 5.12. The number of aldehydes is 1. The fourth-order valence-corrected chi connectivity index (χ4v) is 0.933. The summed E-state index contributed by atoms with van der Waals surface area (Å²) < 4.78 is 4.96. The first-order valence-corrected chi connectivity index (χ1v) is 3.05. The molecule has 1 N–H and O–H groups in total. The van der Waals surface area contributed by atoms with Crippen molar-refractivity contribution in [1.82, 2.24) is 0 Å². The maximum Gasteiger partial charge on any atom is 0.148 e. The molecule has 1 saturated heterocycles. The number of rotatable bonds is 2. The van der Waals surface area contributed by atoms with Gasteiger partial charge in [0.05, 0.1) is 6.61 Å². The Kier molecular flexibility index (Phi) is 2.19. The second-order valence-corrected chi connectivity index (χ2v) is 2.25. The molecule has 0 bridgehead atoms. The molecule has 0 radical (unpaired) electrons. The Morgan fingerprint density at radius 1 is 1.78 bits per heavy atom. The van der Waals surface area contributed by atoms with E-state index in [-0.39, 0.29) is 5.92 Å². The molecule has 2 unspecified atom stereocenters.